The second-order valence-electron chi connectivity index (χ2n) is 5.09. The summed E-state index contributed by atoms with van der Waals surface area (Å²) in [4.78, 5) is 2.38. The number of fused-ring (bicyclic) bond motifs is 1. The van der Waals surface area contributed by atoms with Crippen molar-refractivity contribution in [1.29, 1.82) is 0 Å². The zero-order valence-electron chi connectivity index (χ0n) is 11.8. The van der Waals surface area contributed by atoms with Crippen LogP contribution < -0.4 is 4.74 Å². The van der Waals surface area contributed by atoms with Gasteiger partial charge in [-0.3, -0.25) is 0 Å². The minimum Gasteiger partial charge on any atom is -0.494 e. The predicted octanol–water partition coefficient (Wildman–Crippen LogP) is 3.96. The van der Waals surface area contributed by atoms with Crippen molar-refractivity contribution >= 4 is 23.1 Å². The van der Waals surface area contributed by atoms with E-state index in [9.17, 15) is 9.50 Å². The minimum atomic E-state index is -0.571. The van der Waals surface area contributed by atoms with Gasteiger partial charge in [0.25, 0.3) is 0 Å². The van der Waals surface area contributed by atoms with E-state index >= 15 is 0 Å². The zero-order chi connectivity index (χ0) is 14.8. The van der Waals surface area contributed by atoms with Crippen LogP contribution in [0.15, 0.2) is 24.3 Å². The number of halogens is 1. The molecule has 0 amide bonds. The van der Waals surface area contributed by atoms with E-state index in [0.29, 0.717) is 6.42 Å². The number of thiophene rings is 1. The second-order valence-corrected chi connectivity index (χ2v) is 7.36. The van der Waals surface area contributed by atoms with Crippen LogP contribution in [0.2, 0.25) is 0 Å². The molecular formula is C16H17FO2S2. The van der Waals surface area contributed by atoms with Gasteiger partial charge in [0.05, 0.1) is 13.2 Å². The van der Waals surface area contributed by atoms with Crippen LogP contribution >= 0.6 is 23.1 Å². The summed E-state index contributed by atoms with van der Waals surface area (Å²) in [7, 11) is 1.45. The number of aryl methyl sites for hydroxylation is 1. The van der Waals surface area contributed by atoms with Crippen LogP contribution in [-0.2, 0) is 18.6 Å². The zero-order valence-corrected chi connectivity index (χ0v) is 13.4. The van der Waals surface area contributed by atoms with Gasteiger partial charge < -0.3 is 9.84 Å². The Hall–Kier alpha value is -1.04. The summed E-state index contributed by atoms with van der Waals surface area (Å²) in [6.45, 7) is 0. The summed E-state index contributed by atoms with van der Waals surface area (Å²) < 4.78 is 18.6. The second kappa shape index (κ2) is 6.38. The highest BCUT2D eigenvalue weighted by Crippen LogP contribution is 2.35. The SMILES string of the molecule is COc1ccc(CC(O)c2cc3c(s2)CCSC3)cc1F. The van der Waals surface area contributed by atoms with Gasteiger partial charge in [0.2, 0.25) is 0 Å². The molecule has 1 N–H and O–H groups in total. The lowest BCUT2D eigenvalue weighted by atomic mass is 10.1. The Morgan fingerprint density at radius 1 is 1.38 bits per heavy atom. The predicted molar refractivity (Wildman–Crippen MR) is 85.8 cm³/mol. The summed E-state index contributed by atoms with van der Waals surface area (Å²) in [5.41, 5.74) is 2.13. The lowest BCUT2D eigenvalue weighted by Crippen LogP contribution is -2.00. The highest BCUT2D eigenvalue weighted by molar-refractivity contribution is 7.98. The third kappa shape index (κ3) is 3.25. The fraction of sp³-hybridized carbons (Fsp3) is 0.375. The van der Waals surface area contributed by atoms with Crippen LogP contribution in [0.4, 0.5) is 4.39 Å². The standard InChI is InChI=1S/C16H17FO2S2/c1-19-14-3-2-10(6-12(14)17)7-13(18)16-8-11-9-20-5-4-15(11)21-16/h2-3,6,8,13,18H,4-5,7,9H2,1H3. The van der Waals surface area contributed by atoms with Gasteiger partial charge >= 0.3 is 0 Å². The van der Waals surface area contributed by atoms with Gasteiger partial charge in [0.1, 0.15) is 0 Å². The maximum absolute atomic E-state index is 13.7. The molecule has 2 aromatic rings. The number of aliphatic hydroxyl groups is 1. The van der Waals surface area contributed by atoms with Gasteiger partial charge in [0, 0.05) is 21.9 Å². The summed E-state index contributed by atoms with van der Waals surface area (Å²) >= 11 is 3.63. The minimum absolute atomic E-state index is 0.233. The fourth-order valence-electron chi connectivity index (χ4n) is 2.50. The molecule has 112 valence electrons. The molecule has 5 heteroatoms. The number of aliphatic hydroxyl groups excluding tert-OH is 1. The van der Waals surface area contributed by atoms with Crippen LogP contribution in [0, 0.1) is 5.82 Å². The molecule has 1 atom stereocenters. The number of benzene rings is 1. The first-order chi connectivity index (χ1) is 10.2. The number of hydrogen-bond acceptors (Lipinski definition) is 4. The molecule has 1 aliphatic heterocycles. The fourth-order valence-corrected chi connectivity index (χ4v) is 4.86. The van der Waals surface area contributed by atoms with Crippen molar-refractivity contribution in [2.24, 2.45) is 0 Å². The first-order valence-corrected chi connectivity index (χ1v) is 8.84. The van der Waals surface area contributed by atoms with E-state index in [1.165, 1.54) is 23.6 Å². The smallest absolute Gasteiger partial charge is 0.165 e. The molecule has 2 heterocycles. The maximum atomic E-state index is 13.7. The number of rotatable bonds is 4. The van der Waals surface area contributed by atoms with Gasteiger partial charge in [-0.1, -0.05) is 6.07 Å². The Morgan fingerprint density at radius 2 is 2.24 bits per heavy atom. The molecule has 3 rings (SSSR count). The molecule has 0 aliphatic carbocycles. The van der Waals surface area contributed by atoms with Crippen LogP contribution in [-0.4, -0.2) is 18.0 Å². The third-order valence-corrected chi connectivity index (χ3v) is 5.97. The Bertz CT molecular complexity index is 616. The first kappa shape index (κ1) is 14.9. The number of ether oxygens (including phenoxy) is 1. The van der Waals surface area contributed by atoms with E-state index in [-0.39, 0.29) is 11.6 Å². The van der Waals surface area contributed by atoms with E-state index in [2.05, 4.69) is 6.07 Å². The van der Waals surface area contributed by atoms with E-state index in [1.54, 1.807) is 23.5 Å². The van der Waals surface area contributed by atoms with Crippen molar-refractivity contribution in [2.75, 3.05) is 12.9 Å². The van der Waals surface area contributed by atoms with E-state index in [1.807, 2.05) is 11.8 Å². The van der Waals surface area contributed by atoms with Crippen LogP contribution in [0.1, 0.15) is 27.0 Å². The topological polar surface area (TPSA) is 29.5 Å². The summed E-state index contributed by atoms with van der Waals surface area (Å²) in [6.07, 6.45) is 0.945. The number of thioether (sulfide) groups is 1. The molecule has 0 radical (unpaired) electrons. The Labute approximate surface area is 132 Å². The maximum Gasteiger partial charge on any atom is 0.165 e. The molecule has 0 fully saturated rings. The van der Waals surface area contributed by atoms with Gasteiger partial charge in [-0.15, -0.1) is 11.3 Å². The van der Waals surface area contributed by atoms with Crippen molar-refractivity contribution < 1.29 is 14.2 Å². The molecule has 0 bridgehead atoms. The molecule has 1 aromatic heterocycles. The molecular weight excluding hydrogens is 307 g/mol. The van der Waals surface area contributed by atoms with E-state index < -0.39 is 6.10 Å². The average molecular weight is 324 g/mol. The molecule has 1 unspecified atom stereocenters. The van der Waals surface area contributed by atoms with E-state index in [0.717, 1.165) is 28.4 Å². The number of methoxy groups -OCH3 is 1. The highest BCUT2D eigenvalue weighted by atomic mass is 32.2. The summed E-state index contributed by atoms with van der Waals surface area (Å²) in [5.74, 6) is 2.04. The largest absolute Gasteiger partial charge is 0.494 e. The lowest BCUT2D eigenvalue weighted by Gasteiger charge is -2.10. The van der Waals surface area contributed by atoms with Crippen LogP contribution in [0.25, 0.3) is 0 Å². The van der Waals surface area contributed by atoms with Gasteiger partial charge in [-0.05, 0) is 41.5 Å². The monoisotopic (exact) mass is 324 g/mol. The molecule has 1 aliphatic rings. The molecule has 0 saturated heterocycles. The molecule has 0 spiro atoms. The quantitative estimate of drug-likeness (QED) is 0.923. The van der Waals surface area contributed by atoms with Crippen molar-refractivity contribution in [2.45, 2.75) is 24.7 Å². The van der Waals surface area contributed by atoms with Crippen molar-refractivity contribution in [3.63, 3.8) is 0 Å². The third-order valence-electron chi connectivity index (χ3n) is 3.62. The summed E-state index contributed by atoms with van der Waals surface area (Å²) in [6, 6.07) is 6.95. The molecule has 0 saturated carbocycles. The van der Waals surface area contributed by atoms with Crippen molar-refractivity contribution in [3.8, 4) is 5.75 Å². The Kier molecular flexibility index (Phi) is 4.52. The molecule has 2 nitrogen and oxygen atoms in total. The van der Waals surface area contributed by atoms with Crippen LogP contribution in [0.5, 0.6) is 5.75 Å². The first-order valence-electron chi connectivity index (χ1n) is 6.87. The van der Waals surface area contributed by atoms with E-state index in [4.69, 9.17) is 4.74 Å². The Balaban J connectivity index is 1.75. The van der Waals surface area contributed by atoms with Crippen LogP contribution in [0.3, 0.4) is 0 Å². The van der Waals surface area contributed by atoms with Gasteiger partial charge in [-0.2, -0.15) is 11.8 Å². The average Bonchev–Trinajstić information content (AvgIpc) is 2.91. The highest BCUT2D eigenvalue weighted by Gasteiger charge is 2.18. The Morgan fingerprint density at radius 3 is 2.95 bits per heavy atom. The lowest BCUT2D eigenvalue weighted by molar-refractivity contribution is 0.182. The van der Waals surface area contributed by atoms with Gasteiger partial charge in [-0.25, -0.2) is 4.39 Å². The van der Waals surface area contributed by atoms with Gasteiger partial charge in [0.15, 0.2) is 11.6 Å². The van der Waals surface area contributed by atoms with Crippen molar-refractivity contribution in [3.05, 3.63) is 51.0 Å². The normalized spacial score (nSPS) is 15.6. The molecule has 1 aromatic carbocycles. The molecule has 21 heavy (non-hydrogen) atoms. The van der Waals surface area contributed by atoms with Crippen molar-refractivity contribution in [1.82, 2.24) is 0 Å². The number of hydrogen-bond donors (Lipinski definition) is 1. The summed E-state index contributed by atoms with van der Waals surface area (Å²) in [5, 5.41) is 10.4.